The van der Waals surface area contributed by atoms with E-state index in [4.69, 9.17) is 4.74 Å². The first kappa shape index (κ1) is 17.0. The SMILES string of the molecule is CCOC(=O)c1cnc2c(CC)cccc2c1Nc1cccc(C)c1. The first-order valence-corrected chi connectivity index (χ1v) is 8.55. The molecule has 1 aromatic heterocycles. The normalized spacial score (nSPS) is 10.7. The third-order valence-corrected chi connectivity index (χ3v) is 4.14. The van der Waals surface area contributed by atoms with Crippen LogP contribution in [0.3, 0.4) is 0 Å². The maximum Gasteiger partial charge on any atom is 0.341 e. The van der Waals surface area contributed by atoms with Gasteiger partial charge in [0.05, 0.1) is 17.8 Å². The van der Waals surface area contributed by atoms with Gasteiger partial charge in [-0.2, -0.15) is 0 Å². The summed E-state index contributed by atoms with van der Waals surface area (Å²) in [6, 6.07) is 14.1. The molecule has 0 saturated heterocycles. The average molecular weight is 334 g/mol. The Balaban J connectivity index is 2.20. The van der Waals surface area contributed by atoms with Gasteiger partial charge < -0.3 is 10.1 Å². The van der Waals surface area contributed by atoms with Gasteiger partial charge in [-0.3, -0.25) is 4.98 Å². The molecule has 0 atom stereocenters. The fraction of sp³-hybridized carbons (Fsp3) is 0.238. The van der Waals surface area contributed by atoms with Crippen LogP contribution in [0.1, 0.15) is 35.3 Å². The van der Waals surface area contributed by atoms with Crippen LogP contribution in [0.5, 0.6) is 0 Å². The standard InChI is InChI=1S/C21H22N2O2/c1-4-15-9-7-11-17-19(15)22-13-18(21(24)25-5-2)20(17)23-16-10-6-8-14(3)12-16/h6-13H,4-5H2,1-3H3,(H,22,23). The molecule has 128 valence electrons. The van der Waals surface area contributed by atoms with Crippen LogP contribution in [-0.4, -0.2) is 17.6 Å². The highest BCUT2D eigenvalue weighted by atomic mass is 16.5. The van der Waals surface area contributed by atoms with Crippen molar-refractivity contribution in [1.82, 2.24) is 4.98 Å². The summed E-state index contributed by atoms with van der Waals surface area (Å²) in [5, 5.41) is 4.33. The van der Waals surface area contributed by atoms with Crippen molar-refractivity contribution in [1.29, 1.82) is 0 Å². The van der Waals surface area contributed by atoms with E-state index in [1.807, 2.05) is 43.3 Å². The molecule has 0 amide bonds. The number of benzene rings is 2. The summed E-state index contributed by atoms with van der Waals surface area (Å²) in [7, 11) is 0. The minimum atomic E-state index is -0.367. The van der Waals surface area contributed by atoms with Crippen LogP contribution < -0.4 is 5.32 Å². The third-order valence-electron chi connectivity index (χ3n) is 4.14. The number of ether oxygens (including phenoxy) is 1. The maximum atomic E-state index is 12.4. The summed E-state index contributed by atoms with van der Waals surface area (Å²) >= 11 is 0. The van der Waals surface area contributed by atoms with Gasteiger partial charge in [-0.1, -0.05) is 37.3 Å². The highest BCUT2D eigenvalue weighted by Crippen LogP contribution is 2.31. The van der Waals surface area contributed by atoms with E-state index in [9.17, 15) is 4.79 Å². The van der Waals surface area contributed by atoms with Gasteiger partial charge in [-0.05, 0) is 43.5 Å². The van der Waals surface area contributed by atoms with Crippen molar-refractivity contribution in [3.05, 3.63) is 65.4 Å². The fourth-order valence-corrected chi connectivity index (χ4v) is 2.93. The zero-order chi connectivity index (χ0) is 17.8. The molecule has 1 heterocycles. The van der Waals surface area contributed by atoms with E-state index in [0.717, 1.165) is 39.8 Å². The lowest BCUT2D eigenvalue weighted by atomic mass is 10.0. The van der Waals surface area contributed by atoms with Crippen LogP contribution in [0.2, 0.25) is 0 Å². The van der Waals surface area contributed by atoms with Gasteiger partial charge in [0.1, 0.15) is 5.56 Å². The number of carbonyl (C=O) groups excluding carboxylic acids is 1. The number of fused-ring (bicyclic) bond motifs is 1. The van der Waals surface area contributed by atoms with Gasteiger partial charge in [0.15, 0.2) is 0 Å². The number of aryl methyl sites for hydroxylation is 2. The van der Waals surface area contributed by atoms with Crippen LogP contribution in [0.25, 0.3) is 10.9 Å². The Morgan fingerprint density at radius 2 is 1.96 bits per heavy atom. The average Bonchev–Trinajstić information content (AvgIpc) is 2.61. The summed E-state index contributed by atoms with van der Waals surface area (Å²) in [4.78, 5) is 17.0. The number of pyridine rings is 1. The quantitative estimate of drug-likeness (QED) is 0.665. The Bertz CT molecular complexity index is 919. The van der Waals surface area contributed by atoms with Gasteiger partial charge >= 0.3 is 5.97 Å². The Labute approximate surface area is 147 Å². The van der Waals surface area contributed by atoms with Gasteiger partial charge in [0.25, 0.3) is 0 Å². The van der Waals surface area contributed by atoms with E-state index in [0.29, 0.717) is 12.2 Å². The molecule has 3 aromatic rings. The van der Waals surface area contributed by atoms with E-state index >= 15 is 0 Å². The first-order valence-electron chi connectivity index (χ1n) is 8.55. The van der Waals surface area contributed by atoms with Crippen molar-refractivity contribution in [3.63, 3.8) is 0 Å². The molecule has 0 aliphatic rings. The molecular formula is C21H22N2O2. The highest BCUT2D eigenvalue weighted by Gasteiger charge is 2.18. The molecule has 0 aliphatic heterocycles. The highest BCUT2D eigenvalue weighted by molar-refractivity contribution is 6.06. The molecule has 4 heteroatoms. The lowest BCUT2D eigenvalue weighted by molar-refractivity contribution is 0.0527. The van der Waals surface area contributed by atoms with Crippen LogP contribution in [-0.2, 0) is 11.2 Å². The Kier molecular flexibility index (Phi) is 4.98. The molecule has 3 rings (SSSR count). The number of carbonyl (C=O) groups is 1. The topological polar surface area (TPSA) is 51.2 Å². The summed E-state index contributed by atoms with van der Waals surface area (Å²) in [6.45, 7) is 6.27. The van der Waals surface area contributed by atoms with E-state index in [2.05, 4.69) is 23.3 Å². The number of nitrogens with one attached hydrogen (secondary N) is 1. The molecule has 0 bridgehead atoms. The number of esters is 1. The van der Waals surface area contributed by atoms with E-state index in [1.54, 1.807) is 13.1 Å². The third kappa shape index (κ3) is 3.48. The number of nitrogens with zero attached hydrogens (tertiary/aromatic N) is 1. The molecule has 0 saturated carbocycles. The minimum absolute atomic E-state index is 0.329. The molecule has 0 radical (unpaired) electrons. The van der Waals surface area contributed by atoms with Crippen LogP contribution in [0.4, 0.5) is 11.4 Å². The lowest BCUT2D eigenvalue weighted by Crippen LogP contribution is -2.09. The summed E-state index contributed by atoms with van der Waals surface area (Å²) in [5.74, 6) is -0.367. The summed E-state index contributed by atoms with van der Waals surface area (Å²) in [5.41, 5.74) is 5.33. The predicted molar refractivity (Wildman–Crippen MR) is 102 cm³/mol. The van der Waals surface area contributed by atoms with E-state index in [1.165, 1.54) is 0 Å². The van der Waals surface area contributed by atoms with Gasteiger partial charge in [0.2, 0.25) is 0 Å². The monoisotopic (exact) mass is 334 g/mol. The summed E-state index contributed by atoms with van der Waals surface area (Å²) in [6.07, 6.45) is 2.49. The van der Waals surface area contributed by atoms with Crippen molar-refractivity contribution in [2.75, 3.05) is 11.9 Å². The smallest absolute Gasteiger partial charge is 0.341 e. The Morgan fingerprint density at radius 1 is 1.16 bits per heavy atom. The Morgan fingerprint density at radius 3 is 2.68 bits per heavy atom. The fourth-order valence-electron chi connectivity index (χ4n) is 2.93. The maximum absolute atomic E-state index is 12.4. The molecule has 0 aliphatic carbocycles. The molecular weight excluding hydrogens is 312 g/mol. The zero-order valence-corrected chi connectivity index (χ0v) is 14.8. The molecule has 0 spiro atoms. The number of rotatable bonds is 5. The van der Waals surface area contributed by atoms with Crippen LogP contribution in [0.15, 0.2) is 48.7 Å². The van der Waals surface area contributed by atoms with Gasteiger partial charge in [-0.15, -0.1) is 0 Å². The van der Waals surface area contributed by atoms with Gasteiger partial charge in [0, 0.05) is 17.3 Å². The second-order valence-corrected chi connectivity index (χ2v) is 5.93. The molecule has 0 fully saturated rings. The lowest BCUT2D eigenvalue weighted by Gasteiger charge is -2.15. The second-order valence-electron chi connectivity index (χ2n) is 5.93. The number of aromatic nitrogens is 1. The van der Waals surface area contributed by atoms with Crippen LogP contribution in [0, 0.1) is 6.92 Å². The van der Waals surface area contributed by atoms with Crippen molar-refractivity contribution >= 4 is 28.2 Å². The Hall–Kier alpha value is -2.88. The molecule has 25 heavy (non-hydrogen) atoms. The van der Waals surface area contributed by atoms with Crippen molar-refractivity contribution in [3.8, 4) is 0 Å². The van der Waals surface area contributed by atoms with E-state index < -0.39 is 0 Å². The number of anilines is 2. The van der Waals surface area contributed by atoms with Crippen molar-refractivity contribution in [2.24, 2.45) is 0 Å². The van der Waals surface area contributed by atoms with Crippen molar-refractivity contribution < 1.29 is 9.53 Å². The summed E-state index contributed by atoms with van der Waals surface area (Å²) < 4.78 is 5.22. The molecule has 2 aromatic carbocycles. The molecule has 1 N–H and O–H groups in total. The van der Waals surface area contributed by atoms with E-state index in [-0.39, 0.29) is 5.97 Å². The largest absolute Gasteiger partial charge is 0.462 e. The zero-order valence-electron chi connectivity index (χ0n) is 14.8. The number of para-hydroxylation sites is 1. The van der Waals surface area contributed by atoms with Crippen LogP contribution >= 0.6 is 0 Å². The number of hydrogen-bond donors (Lipinski definition) is 1. The van der Waals surface area contributed by atoms with Crippen molar-refractivity contribution in [2.45, 2.75) is 27.2 Å². The molecule has 4 nitrogen and oxygen atoms in total. The number of hydrogen-bond acceptors (Lipinski definition) is 4. The first-order chi connectivity index (χ1) is 12.1. The minimum Gasteiger partial charge on any atom is -0.462 e. The predicted octanol–water partition coefficient (Wildman–Crippen LogP) is 5.03. The second kappa shape index (κ2) is 7.34. The van der Waals surface area contributed by atoms with Gasteiger partial charge in [-0.25, -0.2) is 4.79 Å². The molecule has 0 unspecified atom stereocenters.